The van der Waals surface area contributed by atoms with Gasteiger partial charge in [0.15, 0.2) is 12.4 Å². The maximum absolute atomic E-state index is 13.3. The monoisotopic (exact) mass is 507 g/mol. The average Bonchev–Trinajstić information content (AvgIpc) is 3.12. The molecule has 0 bridgehead atoms. The van der Waals surface area contributed by atoms with Crippen molar-refractivity contribution in [2.24, 2.45) is 0 Å². The number of piperazine rings is 1. The van der Waals surface area contributed by atoms with Crippen LogP contribution >= 0.6 is 34.5 Å². The standard InChI is InChI=1S/C22H23Cl2N5O3S/c1-2-3-16-22(31)28(10-13-4-5-14-15(8-13)26-12-27-21(14)25)6-7-29(16)19(30)11-32-17-9-18(23)33-20(17)24/h4-5,8-9,12,16H,2-3,6-7,10-11H2,1H3,(H2,25,26,27). The zero-order valence-electron chi connectivity index (χ0n) is 18.0. The fraction of sp³-hybridized carbons (Fsp3) is 0.364. The predicted octanol–water partition coefficient (Wildman–Crippen LogP) is 4.00. The zero-order valence-corrected chi connectivity index (χ0v) is 20.3. The highest BCUT2D eigenvalue weighted by Gasteiger charge is 2.36. The number of nitrogens with zero attached hydrogens (tertiary/aromatic N) is 4. The van der Waals surface area contributed by atoms with Crippen LogP contribution in [0, 0.1) is 0 Å². The van der Waals surface area contributed by atoms with Gasteiger partial charge in [-0.15, -0.1) is 11.3 Å². The minimum atomic E-state index is -0.528. The largest absolute Gasteiger partial charge is 0.481 e. The summed E-state index contributed by atoms with van der Waals surface area (Å²) < 4.78 is 6.44. The Labute approximate surface area is 205 Å². The van der Waals surface area contributed by atoms with Crippen LogP contribution in [-0.4, -0.2) is 57.3 Å². The van der Waals surface area contributed by atoms with E-state index in [-0.39, 0.29) is 18.4 Å². The molecule has 174 valence electrons. The molecule has 0 spiro atoms. The quantitative estimate of drug-likeness (QED) is 0.518. The number of carbonyl (C=O) groups is 2. The van der Waals surface area contributed by atoms with Gasteiger partial charge in [0.05, 0.1) is 9.85 Å². The van der Waals surface area contributed by atoms with Gasteiger partial charge in [-0.1, -0.05) is 42.6 Å². The topological polar surface area (TPSA) is 102 Å². The third-order valence-corrected chi connectivity index (χ3v) is 7.00. The third-order valence-electron chi connectivity index (χ3n) is 5.55. The summed E-state index contributed by atoms with van der Waals surface area (Å²) in [6.45, 7) is 3.08. The summed E-state index contributed by atoms with van der Waals surface area (Å²) in [6.07, 6.45) is 2.77. The third kappa shape index (κ3) is 5.15. The van der Waals surface area contributed by atoms with E-state index in [0.29, 0.717) is 46.3 Å². The Morgan fingerprint density at radius 1 is 1.27 bits per heavy atom. The van der Waals surface area contributed by atoms with Crippen molar-refractivity contribution in [2.75, 3.05) is 25.4 Å². The van der Waals surface area contributed by atoms with Crippen molar-refractivity contribution >= 4 is 63.1 Å². The molecular weight excluding hydrogens is 485 g/mol. The first-order valence-corrected chi connectivity index (χ1v) is 12.1. The number of aromatic nitrogens is 2. The minimum absolute atomic E-state index is 0.0737. The number of ether oxygens (including phenoxy) is 1. The number of halogens is 2. The number of benzene rings is 1. The van der Waals surface area contributed by atoms with E-state index in [4.69, 9.17) is 33.7 Å². The van der Waals surface area contributed by atoms with E-state index in [1.807, 2.05) is 25.1 Å². The van der Waals surface area contributed by atoms with Gasteiger partial charge in [0.25, 0.3) is 5.91 Å². The van der Waals surface area contributed by atoms with Crippen LogP contribution < -0.4 is 10.5 Å². The van der Waals surface area contributed by atoms with Crippen molar-refractivity contribution in [1.82, 2.24) is 19.8 Å². The Bertz CT molecular complexity index is 1190. The van der Waals surface area contributed by atoms with Crippen LogP contribution in [-0.2, 0) is 16.1 Å². The second-order valence-electron chi connectivity index (χ2n) is 7.74. The number of thiophene rings is 1. The molecular formula is C22H23Cl2N5O3S. The molecule has 11 heteroatoms. The summed E-state index contributed by atoms with van der Waals surface area (Å²) in [5.41, 5.74) is 7.58. The van der Waals surface area contributed by atoms with E-state index in [1.54, 1.807) is 15.9 Å². The normalized spacial score (nSPS) is 16.5. The summed E-state index contributed by atoms with van der Waals surface area (Å²) >= 11 is 13.2. The van der Waals surface area contributed by atoms with Crippen LogP contribution in [0.2, 0.25) is 8.67 Å². The van der Waals surface area contributed by atoms with E-state index in [1.165, 1.54) is 17.7 Å². The second kappa shape index (κ2) is 10.1. The molecule has 1 atom stereocenters. The lowest BCUT2D eigenvalue weighted by Crippen LogP contribution is -2.59. The second-order valence-corrected chi connectivity index (χ2v) is 10.0. The Balaban J connectivity index is 1.44. The maximum Gasteiger partial charge on any atom is 0.261 e. The molecule has 33 heavy (non-hydrogen) atoms. The van der Waals surface area contributed by atoms with Crippen molar-refractivity contribution in [3.8, 4) is 5.75 Å². The molecule has 1 saturated heterocycles. The molecule has 3 aromatic rings. The van der Waals surface area contributed by atoms with Gasteiger partial charge in [-0.3, -0.25) is 9.59 Å². The van der Waals surface area contributed by atoms with Crippen molar-refractivity contribution in [3.63, 3.8) is 0 Å². The fourth-order valence-corrected chi connectivity index (χ4v) is 5.30. The van der Waals surface area contributed by atoms with Gasteiger partial charge in [0.2, 0.25) is 5.91 Å². The molecule has 3 heterocycles. The maximum atomic E-state index is 13.3. The molecule has 0 aliphatic carbocycles. The van der Waals surface area contributed by atoms with Crippen molar-refractivity contribution < 1.29 is 14.3 Å². The first-order chi connectivity index (χ1) is 15.9. The lowest BCUT2D eigenvalue weighted by atomic mass is 10.0. The van der Waals surface area contributed by atoms with Gasteiger partial charge in [0.1, 0.15) is 22.5 Å². The molecule has 0 radical (unpaired) electrons. The minimum Gasteiger partial charge on any atom is -0.481 e. The molecule has 1 unspecified atom stereocenters. The zero-order chi connectivity index (χ0) is 23.5. The van der Waals surface area contributed by atoms with E-state index in [9.17, 15) is 9.59 Å². The van der Waals surface area contributed by atoms with Gasteiger partial charge in [-0.05, 0) is 24.1 Å². The predicted molar refractivity (Wildman–Crippen MR) is 130 cm³/mol. The summed E-state index contributed by atoms with van der Waals surface area (Å²) in [5, 5.41) is 0.777. The molecule has 1 aromatic carbocycles. The molecule has 1 aliphatic rings. The number of nitrogens with two attached hydrogens (primary N) is 1. The lowest BCUT2D eigenvalue weighted by molar-refractivity contribution is -0.153. The highest BCUT2D eigenvalue weighted by molar-refractivity contribution is 7.20. The lowest BCUT2D eigenvalue weighted by Gasteiger charge is -2.40. The van der Waals surface area contributed by atoms with E-state index in [0.717, 1.165) is 22.9 Å². The first-order valence-electron chi connectivity index (χ1n) is 10.5. The smallest absolute Gasteiger partial charge is 0.261 e. The van der Waals surface area contributed by atoms with Crippen LogP contribution in [0.25, 0.3) is 10.9 Å². The molecule has 8 nitrogen and oxygen atoms in total. The number of amides is 2. The van der Waals surface area contributed by atoms with Crippen LogP contribution in [0.5, 0.6) is 5.75 Å². The number of fused-ring (bicyclic) bond motifs is 1. The molecule has 1 fully saturated rings. The average molecular weight is 508 g/mol. The van der Waals surface area contributed by atoms with Crippen LogP contribution in [0.4, 0.5) is 5.82 Å². The summed E-state index contributed by atoms with van der Waals surface area (Å²) in [6, 6.07) is 6.76. The molecule has 2 amide bonds. The van der Waals surface area contributed by atoms with Crippen LogP contribution in [0.1, 0.15) is 25.3 Å². The van der Waals surface area contributed by atoms with E-state index in [2.05, 4.69) is 9.97 Å². The van der Waals surface area contributed by atoms with Gasteiger partial charge in [0, 0.05) is 31.1 Å². The molecule has 1 aliphatic heterocycles. The highest BCUT2D eigenvalue weighted by Crippen LogP contribution is 2.37. The van der Waals surface area contributed by atoms with Crippen LogP contribution in [0.3, 0.4) is 0 Å². The number of rotatable bonds is 7. The first kappa shape index (κ1) is 23.5. The fourth-order valence-electron chi connectivity index (χ4n) is 3.93. The van der Waals surface area contributed by atoms with Crippen molar-refractivity contribution in [1.29, 1.82) is 0 Å². The summed E-state index contributed by atoms with van der Waals surface area (Å²) in [7, 11) is 0. The Kier molecular flexibility index (Phi) is 7.21. The molecule has 4 rings (SSSR count). The number of carbonyl (C=O) groups excluding carboxylic acids is 2. The van der Waals surface area contributed by atoms with Gasteiger partial charge in [-0.2, -0.15) is 0 Å². The Hall–Kier alpha value is -2.62. The van der Waals surface area contributed by atoms with Crippen molar-refractivity contribution in [2.45, 2.75) is 32.4 Å². The van der Waals surface area contributed by atoms with Crippen molar-refractivity contribution in [3.05, 3.63) is 44.8 Å². The van der Waals surface area contributed by atoms with Crippen LogP contribution in [0.15, 0.2) is 30.6 Å². The highest BCUT2D eigenvalue weighted by atomic mass is 35.5. The van der Waals surface area contributed by atoms with Gasteiger partial charge < -0.3 is 20.3 Å². The Morgan fingerprint density at radius 3 is 2.82 bits per heavy atom. The molecule has 2 aromatic heterocycles. The number of anilines is 1. The summed E-state index contributed by atoms with van der Waals surface area (Å²) in [4.78, 5) is 37.9. The number of hydrogen-bond donors (Lipinski definition) is 1. The van der Waals surface area contributed by atoms with Gasteiger partial charge >= 0.3 is 0 Å². The molecule has 2 N–H and O–H groups in total. The van der Waals surface area contributed by atoms with E-state index < -0.39 is 6.04 Å². The molecule has 0 saturated carbocycles. The number of hydrogen-bond acceptors (Lipinski definition) is 7. The van der Waals surface area contributed by atoms with Gasteiger partial charge in [-0.25, -0.2) is 9.97 Å². The van der Waals surface area contributed by atoms with E-state index >= 15 is 0 Å². The SMILES string of the molecule is CCCC1C(=O)N(Cc2ccc3c(N)ncnc3c2)CCN1C(=O)COc1cc(Cl)sc1Cl. The number of nitrogen functional groups attached to an aromatic ring is 1. The Morgan fingerprint density at radius 2 is 2.09 bits per heavy atom. The summed E-state index contributed by atoms with van der Waals surface area (Å²) in [5.74, 6) is 0.469.